The molecule has 0 aromatic rings. The maximum Gasteiger partial charge on any atom is 0.0526 e. The SMILES string of the molecule is CCCCC1CCCCN1N=O. The number of hydrogen-bond donors (Lipinski definition) is 0. The molecular formula is C9H18N2O. The molecule has 0 radical (unpaired) electrons. The van der Waals surface area contributed by atoms with Gasteiger partial charge in [-0.3, -0.25) is 5.01 Å². The van der Waals surface area contributed by atoms with Crippen LogP contribution in [0.5, 0.6) is 0 Å². The first kappa shape index (κ1) is 9.49. The molecule has 0 amide bonds. The Labute approximate surface area is 74.1 Å². The van der Waals surface area contributed by atoms with Crippen LogP contribution in [0.2, 0.25) is 0 Å². The molecule has 0 bridgehead atoms. The highest BCUT2D eigenvalue weighted by molar-refractivity contribution is 4.73. The minimum Gasteiger partial charge on any atom is -0.258 e. The zero-order valence-corrected chi connectivity index (χ0v) is 7.83. The summed E-state index contributed by atoms with van der Waals surface area (Å²) in [5.41, 5.74) is 0. The molecule has 3 heteroatoms. The topological polar surface area (TPSA) is 32.7 Å². The first-order valence-electron chi connectivity index (χ1n) is 4.98. The third-order valence-electron chi connectivity index (χ3n) is 2.59. The smallest absolute Gasteiger partial charge is 0.0526 e. The largest absolute Gasteiger partial charge is 0.258 e. The normalized spacial score (nSPS) is 24.1. The van der Waals surface area contributed by atoms with Crippen molar-refractivity contribution in [2.75, 3.05) is 6.54 Å². The van der Waals surface area contributed by atoms with Crippen LogP contribution in [0.1, 0.15) is 45.4 Å². The number of nitroso groups, excluding NO2 is 1. The predicted molar refractivity (Wildman–Crippen MR) is 49.7 cm³/mol. The van der Waals surface area contributed by atoms with Crippen LogP contribution in [-0.2, 0) is 0 Å². The molecule has 1 aliphatic rings. The zero-order valence-electron chi connectivity index (χ0n) is 7.83. The maximum absolute atomic E-state index is 10.4. The lowest BCUT2D eigenvalue weighted by atomic mass is 9.99. The van der Waals surface area contributed by atoms with E-state index < -0.39 is 0 Å². The van der Waals surface area contributed by atoms with Gasteiger partial charge in [0.1, 0.15) is 0 Å². The van der Waals surface area contributed by atoms with E-state index in [9.17, 15) is 4.91 Å². The Morgan fingerprint density at radius 2 is 2.33 bits per heavy atom. The van der Waals surface area contributed by atoms with E-state index in [4.69, 9.17) is 0 Å². The fourth-order valence-corrected chi connectivity index (χ4v) is 1.83. The third-order valence-corrected chi connectivity index (χ3v) is 2.59. The number of hydrogen-bond acceptors (Lipinski definition) is 2. The molecule has 3 nitrogen and oxygen atoms in total. The highest BCUT2D eigenvalue weighted by Crippen LogP contribution is 2.21. The van der Waals surface area contributed by atoms with E-state index in [1.165, 1.54) is 19.3 Å². The summed E-state index contributed by atoms with van der Waals surface area (Å²) in [6.45, 7) is 3.05. The van der Waals surface area contributed by atoms with Gasteiger partial charge in [-0.1, -0.05) is 19.8 Å². The summed E-state index contributed by atoms with van der Waals surface area (Å²) in [6, 6.07) is 0.441. The van der Waals surface area contributed by atoms with Gasteiger partial charge in [0.05, 0.1) is 11.3 Å². The molecule has 1 aliphatic heterocycles. The Morgan fingerprint density at radius 1 is 1.50 bits per heavy atom. The van der Waals surface area contributed by atoms with Gasteiger partial charge in [-0.15, -0.1) is 4.91 Å². The molecule has 1 rings (SSSR count). The Bertz CT molecular complexity index is 138. The summed E-state index contributed by atoms with van der Waals surface area (Å²) in [5, 5.41) is 4.80. The fraction of sp³-hybridized carbons (Fsp3) is 1.00. The Kier molecular flexibility index (Phi) is 4.05. The molecule has 12 heavy (non-hydrogen) atoms. The van der Waals surface area contributed by atoms with Crippen molar-refractivity contribution in [2.45, 2.75) is 51.5 Å². The van der Waals surface area contributed by atoms with Gasteiger partial charge in [0.15, 0.2) is 0 Å². The molecule has 0 N–H and O–H groups in total. The van der Waals surface area contributed by atoms with Gasteiger partial charge in [-0.2, -0.15) is 0 Å². The Hall–Kier alpha value is -0.600. The van der Waals surface area contributed by atoms with Crippen molar-refractivity contribution in [2.24, 2.45) is 5.29 Å². The Morgan fingerprint density at radius 3 is 3.00 bits per heavy atom. The third kappa shape index (κ3) is 2.47. The molecule has 1 atom stereocenters. The van der Waals surface area contributed by atoms with Crippen LogP contribution in [0.15, 0.2) is 5.29 Å². The number of nitrogens with zero attached hydrogens (tertiary/aromatic N) is 2. The van der Waals surface area contributed by atoms with Crippen LogP contribution >= 0.6 is 0 Å². The average molecular weight is 170 g/mol. The van der Waals surface area contributed by atoms with Crippen LogP contribution in [0, 0.1) is 4.91 Å². The molecule has 1 unspecified atom stereocenters. The molecule has 1 fully saturated rings. The molecule has 70 valence electrons. The summed E-state index contributed by atoms with van der Waals surface area (Å²) < 4.78 is 0. The van der Waals surface area contributed by atoms with Crippen molar-refractivity contribution < 1.29 is 0 Å². The van der Waals surface area contributed by atoms with Crippen molar-refractivity contribution in [3.8, 4) is 0 Å². The number of rotatable bonds is 4. The van der Waals surface area contributed by atoms with Crippen LogP contribution in [-0.4, -0.2) is 17.6 Å². The first-order chi connectivity index (χ1) is 5.88. The van der Waals surface area contributed by atoms with Crippen molar-refractivity contribution >= 4 is 0 Å². The lowest BCUT2D eigenvalue weighted by Gasteiger charge is -2.30. The van der Waals surface area contributed by atoms with Gasteiger partial charge >= 0.3 is 0 Å². The van der Waals surface area contributed by atoms with E-state index in [0.29, 0.717) is 6.04 Å². The van der Waals surface area contributed by atoms with E-state index >= 15 is 0 Å². The predicted octanol–water partition coefficient (Wildman–Crippen LogP) is 2.71. The van der Waals surface area contributed by atoms with Gasteiger partial charge in [0.25, 0.3) is 0 Å². The molecule has 0 aliphatic carbocycles. The Balaban J connectivity index is 2.31. The van der Waals surface area contributed by atoms with Gasteiger partial charge in [0, 0.05) is 6.54 Å². The van der Waals surface area contributed by atoms with Crippen LogP contribution in [0.25, 0.3) is 0 Å². The minimum atomic E-state index is 0.441. The summed E-state index contributed by atoms with van der Waals surface area (Å²) in [4.78, 5) is 10.4. The van der Waals surface area contributed by atoms with Gasteiger partial charge in [-0.05, 0) is 25.7 Å². The van der Waals surface area contributed by atoms with Gasteiger partial charge in [0.2, 0.25) is 0 Å². The van der Waals surface area contributed by atoms with E-state index in [2.05, 4.69) is 12.2 Å². The van der Waals surface area contributed by atoms with E-state index in [0.717, 1.165) is 25.8 Å². The van der Waals surface area contributed by atoms with Gasteiger partial charge < -0.3 is 0 Å². The summed E-state index contributed by atoms with van der Waals surface area (Å²) in [5.74, 6) is 0. The molecule has 0 aromatic heterocycles. The second-order valence-corrected chi connectivity index (χ2v) is 3.54. The van der Waals surface area contributed by atoms with E-state index in [1.54, 1.807) is 5.01 Å². The average Bonchev–Trinajstić information content (AvgIpc) is 2.15. The standard InChI is InChI=1S/C9H18N2O/c1-2-3-6-9-7-4-5-8-11(9)10-12/h9H,2-8H2,1H3. The molecule has 0 spiro atoms. The molecule has 0 aromatic carbocycles. The van der Waals surface area contributed by atoms with Crippen molar-refractivity contribution in [3.63, 3.8) is 0 Å². The minimum absolute atomic E-state index is 0.441. The molecule has 1 saturated heterocycles. The number of unbranched alkanes of at least 4 members (excludes halogenated alkanes) is 1. The van der Waals surface area contributed by atoms with Gasteiger partial charge in [-0.25, -0.2) is 0 Å². The van der Waals surface area contributed by atoms with Crippen LogP contribution < -0.4 is 0 Å². The number of piperidine rings is 1. The monoisotopic (exact) mass is 170 g/mol. The fourth-order valence-electron chi connectivity index (χ4n) is 1.83. The van der Waals surface area contributed by atoms with Crippen LogP contribution in [0.4, 0.5) is 0 Å². The summed E-state index contributed by atoms with van der Waals surface area (Å²) in [7, 11) is 0. The lowest BCUT2D eigenvalue weighted by molar-refractivity contribution is 0.141. The second kappa shape index (κ2) is 5.12. The first-order valence-corrected chi connectivity index (χ1v) is 4.98. The van der Waals surface area contributed by atoms with Crippen molar-refractivity contribution in [1.29, 1.82) is 0 Å². The van der Waals surface area contributed by atoms with Crippen molar-refractivity contribution in [3.05, 3.63) is 4.91 Å². The quantitative estimate of drug-likeness (QED) is 0.608. The zero-order chi connectivity index (χ0) is 8.81. The summed E-state index contributed by atoms with van der Waals surface area (Å²) >= 11 is 0. The maximum atomic E-state index is 10.4. The van der Waals surface area contributed by atoms with Crippen LogP contribution in [0.3, 0.4) is 0 Å². The van der Waals surface area contributed by atoms with E-state index in [-0.39, 0.29) is 0 Å². The second-order valence-electron chi connectivity index (χ2n) is 3.54. The van der Waals surface area contributed by atoms with E-state index in [1.807, 2.05) is 0 Å². The molecule has 1 heterocycles. The molecule has 0 saturated carbocycles. The lowest BCUT2D eigenvalue weighted by Crippen LogP contribution is -2.34. The highest BCUT2D eigenvalue weighted by Gasteiger charge is 2.20. The molecular weight excluding hydrogens is 152 g/mol. The van der Waals surface area contributed by atoms with Crippen molar-refractivity contribution in [1.82, 2.24) is 5.01 Å². The highest BCUT2D eigenvalue weighted by atomic mass is 16.3. The summed E-state index contributed by atoms with van der Waals surface area (Å²) in [6.07, 6.45) is 7.13.